The van der Waals surface area contributed by atoms with E-state index in [0.29, 0.717) is 6.61 Å². The number of nitrogens with one attached hydrogen (secondary N) is 1. The molecule has 1 rings (SSSR count). The number of piperidine rings is 1. The zero-order valence-electron chi connectivity index (χ0n) is 12.1. The fourth-order valence-electron chi connectivity index (χ4n) is 2.48. The molecule has 1 aliphatic heterocycles. The third-order valence-corrected chi connectivity index (χ3v) is 3.66. The van der Waals surface area contributed by atoms with E-state index in [2.05, 4.69) is 29.2 Å². The lowest BCUT2D eigenvalue weighted by Gasteiger charge is -2.35. The number of rotatable bonds is 4. The first-order valence-corrected chi connectivity index (χ1v) is 6.86. The van der Waals surface area contributed by atoms with E-state index in [-0.39, 0.29) is 6.04 Å². The first-order chi connectivity index (χ1) is 8.58. The van der Waals surface area contributed by atoms with Crippen LogP contribution in [0.1, 0.15) is 33.6 Å². The van der Waals surface area contributed by atoms with Crippen molar-refractivity contribution in [3.63, 3.8) is 0 Å². The lowest BCUT2D eigenvalue weighted by Crippen LogP contribution is -2.49. The molecular weight excluding hydrogens is 228 g/mol. The number of nitrogens with two attached hydrogens (primary N) is 1. The molecule has 0 aromatic heterocycles. The van der Waals surface area contributed by atoms with E-state index in [4.69, 9.17) is 10.6 Å². The highest BCUT2D eigenvalue weighted by Crippen LogP contribution is 2.24. The molecule has 106 valence electrons. The van der Waals surface area contributed by atoms with Crippen molar-refractivity contribution in [2.45, 2.75) is 39.7 Å². The average molecular weight is 256 g/mol. The van der Waals surface area contributed by atoms with Gasteiger partial charge in [-0.05, 0) is 31.6 Å². The van der Waals surface area contributed by atoms with Crippen molar-refractivity contribution >= 4 is 5.96 Å². The molecule has 18 heavy (non-hydrogen) atoms. The van der Waals surface area contributed by atoms with E-state index in [0.717, 1.165) is 30.9 Å². The van der Waals surface area contributed by atoms with Crippen molar-refractivity contribution in [1.29, 1.82) is 0 Å². The first-order valence-electron chi connectivity index (χ1n) is 6.86. The fourth-order valence-corrected chi connectivity index (χ4v) is 2.48. The summed E-state index contributed by atoms with van der Waals surface area (Å²) in [4.78, 5) is 6.80. The minimum atomic E-state index is 0.129. The van der Waals surface area contributed by atoms with Crippen molar-refractivity contribution in [1.82, 2.24) is 10.3 Å². The summed E-state index contributed by atoms with van der Waals surface area (Å²) >= 11 is 0. The van der Waals surface area contributed by atoms with Crippen LogP contribution < -0.4 is 11.3 Å². The Morgan fingerprint density at radius 1 is 1.39 bits per heavy atom. The van der Waals surface area contributed by atoms with Crippen molar-refractivity contribution in [2.24, 2.45) is 22.7 Å². The highest BCUT2D eigenvalue weighted by molar-refractivity contribution is 5.79. The van der Waals surface area contributed by atoms with E-state index < -0.39 is 0 Å². The van der Waals surface area contributed by atoms with Gasteiger partial charge in [-0.25, -0.2) is 10.8 Å². The molecule has 1 fully saturated rings. The second kappa shape index (κ2) is 7.59. The van der Waals surface area contributed by atoms with Gasteiger partial charge >= 0.3 is 0 Å². The average Bonchev–Trinajstić information content (AvgIpc) is 2.36. The number of likely N-dealkylation sites (tertiary alicyclic amines) is 1. The van der Waals surface area contributed by atoms with Gasteiger partial charge in [0.1, 0.15) is 0 Å². The molecule has 1 aliphatic rings. The summed E-state index contributed by atoms with van der Waals surface area (Å²) in [6.45, 7) is 9.32. The molecule has 1 saturated heterocycles. The topological polar surface area (TPSA) is 62.9 Å². The molecule has 5 heteroatoms. The van der Waals surface area contributed by atoms with E-state index in [1.807, 2.05) is 6.92 Å². The zero-order chi connectivity index (χ0) is 13.5. The van der Waals surface area contributed by atoms with Crippen molar-refractivity contribution in [3.8, 4) is 0 Å². The third-order valence-electron chi connectivity index (χ3n) is 3.66. The molecule has 0 spiro atoms. The van der Waals surface area contributed by atoms with Crippen LogP contribution in [0.15, 0.2) is 4.99 Å². The quantitative estimate of drug-likeness (QED) is 0.343. The molecule has 0 radical (unpaired) electrons. The molecule has 0 bridgehead atoms. The lowest BCUT2D eigenvalue weighted by atomic mass is 9.87. The summed E-state index contributed by atoms with van der Waals surface area (Å²) in [5.41, 5.74) is 2.73. The molecule has 0 aliphatic carbocycles. The van der Waals surface area contributed by atoms with E-state index in [9.17, 15) is 0 Å². The van der Waals surface area contributed by atoms with Gasteiger partial charge in [-0.1, -0.05) is 13.8 Å². The van der Waals surface area contributed by atoms with E-state index >= 15 is 0 Å². The Morgan fingerprint density at radius 3 is 2.44 bits per heavy atom. The van der Waals surface area contributed by atoms with Gasteiger partial charge in [0.25, 0.3) is 0 Å². The smallest absolute Gasteiger partial charge is 0.208 e. The fraction of sp³-hybridized carbons (Fsp3) is 0.923. The summed E-state index contributed by atoms with van der Waals surface area (Å²) in [7, 11) is 1.69. The van der Waals surface area contributed by atoms with Crippen LogP contribution in [0.25, 0.3) is 0 Å². The van der Waals surface area contributed by atoms with Crippen molar-refractivity contribution < 1.29 is 4.74 Å². The van der Waals surface area contributed by atoms with Crippen LogP contribution in [-0.4, -0.2) is 43.7 Å². The van der Waals surface area contributed by atoms with Gasteiger partial charge in [-0.3, -0.25) is 5.43 Å². The normalized spacial score (nSPS) is 20.3. The Bertz CT molecular complexity index is 260. The van der Waals surface area contributed by atoms with Crippen molar-refractivity contribution in [2.75, 3.05) is 26.8 Å². The second-order valence-electron chi connectivity index (χ2n) is 5.47. The highest BCUT2D eigenvalue weighted by Gasteiger charge is 2.23. The van der Waals surface area contributed by atoms with Gasteiger partial charge in [-0.2, -0.15) is 0 Å². The van der Waals surface area contributed by atoms with Crippen LogP contribution in [0.3, 0.4) is 0 Å². The highest BCUT2D eigenvalue weighted by atomic mass is 16.5. The largest absolute Gasteiger partial charge is 0.382 e. The Labute approximate surface area is 111 Å². The lowest BCUT2D eigenvalue weighted by molar-refractivity contribution is 0.183. The first kappa shape index (κ1) is 15.2. The summed E-state index contributed by atoms with van der Waals surface area (Å²) < 4.78 is 5.09. The number of hydrogen-bond acceptors (Lipinski definition) is 3. The molecule has 1 unspecified atom stereocenters. The number of hydrogen-bond donors (Lipinski definition) is 2. The molecule has 0 amide bonds. The predicted molar refractivity (Wildman–Crippen MR) is 75.2 cm³/mol. The summed E-state index contributed by atoms with van der Waals surface area (Å²) in [5, 5.41) is 0. The van der Waals surface area contributed by atoms with Gasteiger partial charge in [0.05, 0.1) is 12.6 Å². The van der Waals surface area contributed by atoms with Crippen molar-refractivity contribution in [3.05, 3.63) is 0 Å². The molecule has 0 saturated carbocycles. The van der Waals surface area contributed by atoms with E-state index in [1.54, 1.807) is 7.11 Å². The van der Waals surface area contributed by atoms with Crippen LogP contribution in [0.5, 0.6) is 0 Å². The van der Waals surface area contributed by atoms with Gasteiger partial charge in [0, 0.05) is 20.2 Å². The van der Waals surface area contributed by atoms with Gasteiger partial charge in [0.15, 0.2) is 0 Å². The maximum absolute atomic E-state index is 5.58. The molecule has 0 aromatic rings. The third kappa shape index (κ3) is 4.46. The number of guanidine groups is 1. The van der Waals surface area contributed by atoms with Crippen LogP contribution in [0, 0.1) is 11.8 Å². The number of aliphatic imine (C=N–C) groups is 1. The standard InChI is InChI=1S/C13H28N4O/c1-10(2)12-5-7-17(8-6-12)13(16-14)15-11(3)9-18-4/h10-12H,5-9,14H2,1-4H3,(H,15,16). The summed E-state index contributed by atoms with van der Waals surface area (Å²) in [6, 6.07) is 0.129. The number of nitrogens with zero attached hydrogens (tertiary/aromatic N) is 2. The SMILES string of the molecule is COCC(C)N=C(NN)N1CCC(C(C)C)CC1. The molecule has 5 nitrogen and oxygen atoms in total. The van der Waals surface area contributed by atoms with Crippen LogP contribution in [0.2, 0.25) is 0 Å². The molecule has 1 atom stereocenters. The van der Waals surface area contributed by atoms with Crippen LogP contribution in [-0.2, 0) is 4.74 Å². The maximum Gasteiger partial charge on any atom is 0.208 e. The molecule has 1 heterocycles. The number of methoxy groups -OCH3 is 1. The number of hydrazine groups is 1. The van der Waals surface area contributed by atoms with Gasteiger partial charge in [0.2, 0.25) is 5.96 Å². The summed E-state index contributed by atoms with van der Waals surface area (Å²) in [6.07, 6.45) is 2.44. The van der Waals surface area contributed by atoms with Crippen LogP contribution >= 0.6 is 0 Å². The molecule has 0 aromatic carbocycles. The number of ether oxygens (including phenoxy) is 1. The Kier molecular flexibility index (Phi) is 6.43. The molecule has 3 N–H and O–H groups in total. The van der Waals surface area contributed by atoms with Gasteiger partial charge in [-0.15, -0.1) is 0 Å². The molecular formula is C13H28N4O. The summed E-state index contributed by atoms with van der Waals surface area (Å²) in [5.74, 6) is 7.97. The monoisotopic (exact) mass is 256 g/mol. The second-order valence-corrected chi connectivity index (χ2v) is 5.47. The minimum Gasteiger partial charge on any atom is -0.382 e. The Hall–Kier alpha value is -0.810. The predicted octanol–water partition coefficient (Wildman–Crippen LogP) is 1.21. The van der Waals surface area contributed by atoms with Gasteiger partial charge < -0.3 is 9.64 Å². The van der Waals surface area contributed by atoms with E-state index in [1.165, 1.54) is 12.8 Å². The zero-order valence-corrected chi connectivity index (χ0v) is 12.1. The maximum atomic E-state index is 5.58. The Morgan fingerprint density at radius 2 is 2.00 bits per heavy atom. The van der Waals surface area contributed by atoms with Crippen LogP contribution in [0.4, 0.5) is 0 Å². The minimum absolute atomic E-state index is 0.129. The Balaban J connectivity index is 2.52.